The minimum Gasteiger partial charge on any atom is -0.469 e. The van der Waals surface area contributed by atoms with Gasteiger partial charge in [-0.05, 0) is 51.7 Å². The van der Waals surface area contributed by atoms with Gasteiger partial charge in [-0.15, -0.1) is 0 Å². The minimum atomic E-state index is -1.50. The van der Waals surface area contributed by atoms with Crippen LogP contribution in [0.4, 0.5) is 0 Å². The van der Waals surface area contributed by atoms with Crippen LogP contribution in [0, 0.1) is 0 Å². The zero-order chi connectivity index (χ0) is 20.4. The fourth-order valence-electron chi connectivity index (χ4n) is 2.69. The lowest BCUT2D eigenvalue weighted by Crippen LogP contribution is -2.31. The van der Waals surface area contributed by atoms with E-state index in [1.54, 1.807) is 0 Å². The van der Waals surface area contributed by atoms with Crippen LogP contribution < -0.4 is 0 Å². The highest BCUT2D eigenvalue weighted by molar-refractivity contribution is 6.69. The van der Waals surface area contributed by atoms with E-state index in [2.05, 4.69) is 67.8 Å². The van der Waals surface area contributed by atoms with Gasteiger partial charge in [0.1, 0.15) is 0 Å². The molecule has 0 fully saturated rings. The topological polar surface area (TPSA) is 35.5 Å². The summed E-state index contributed by atoms with van der Waals surface area (Å²) in [6, 6.07) is 0. The monoisotopic (exact) mass is 394 g/mol. The van der Waals surface area contributed by atoms with E-state index < -0.39 is 8.32 Å². The molecule has 3 nitrogen and oxygen atoms in total. The standard InChI is InChI=1S/C23H42O3Si/c1-6-7-16-19-22(26-27(3,4)5)20-17-14-12-10-8-9-11-13-15-18-21-23(24)25-2/h8-9,12,14,17,20,22H,6-7,10-11,13,15-16,18-19,21H2,1-5H3/b9-8-,14-12-,20-17+. The van der Waals surface area contributed by atoms with Crippen molar-refractivity contribution in [3.05, 3.63) is 36.5 Å². The minimum absolute atomic E-state index is 0.105. The van der Waals surface area contributed by atoms with Crippen LogP contribution in [0.2, 0.25) is 19.6 Å². The molecule has 0 radical (unpaired) electrons. The number of allylic oxidation sites excluding steroid dienone is 5. The van der Waals surface area contributed by atoms with E-state index in [1.807, 2.05) is 0 Å². The van der Waals surface area contributed by atoms with Gasteiger partial charge in [-0.2, -0.15) is 0 Å². The van der Waals surface area contributed by atoms with Crippen molar-refractivity contribution < 1.29 is 14.0 Å². The van der Waals surface area contributed by atoms with E-state index in [9.17, 15) is 4.79 Å². The third kappa shape index (κ3) is 19.4. The van der Waals surface area contributed by atoms with Crippen molar-refractivity contribution in [2.24, 2.45) is 0 Å². The maximum Gasteiger partial charge on any atom is 0.305 e. The summed E-state index contributed by atoms with van der Waals surface area (Å²) in [5, 5.41) is 0. The van der Waals surface area contributed by atoms with Crippen molar-refractivity contribution in [1.29, 1.82) is 0 Å². The van der Waals surface area contributed by atoms with Gasteiger partial charge in [-0.1, -0.05) is 69.1 Å². The number of hydrogen-bond donors (Lipinski definition) is 0. The van der Waals surface area contributed by atoms with E-state index in [1.165, 1.54) is 26.4 Å². The van der Waals surface area contributed by atoms with Gasteiger partial charge in [0.2, 0.25) is 0 Å². The summed E-state index contributed by atoms with van der Waals surface area (Å²) in [5.41, 5.74) is 0. The maximum absolute atomic E-state index is 11.0. The van der Waals surface area contributed by atoms with Crippen molar-refractivity contribution in [1.82, 2.24) is 0 Å². The van der Waals surface area contributed by atoms with Crippen molar-refractivity contribution in [3.63, 3.8) is 0 Å². The number of esters is 1. The van der Waals surface area contributed by atoms with Crippen molar-refractivity contribution in [2.45, 2.75) is 96.9 Å². The summed E-state index contributed by atoms with van der Waals surface area (Å²) < 4.78 is 10.9. The third-order valence-corrected chi connectivity index (χ3v) is 5.10. The maximum atomic E-state index is 11.0. The van der Waals surface area contributed by atoms with Crippen molar-refractivity contribution >= 4 is 14.3 Å². The van der Waals surface area contributed by atoms with E-state index in [-0.39, 0.29) is 12.1 Å². The van der Waals surface area contributed by atoms with E-state index in [0.717, 1.165) is 38.5 Å². The Hall–Kier alpha value is -1.13. The molecule has 0 heterocycles. The molecule has 0 spiro atoms. The number of unbranched alkanes of at least 4 members (excludes halogenated alkanes) is 5. The van der Waals surface area contributed by atoms with Gasteiger partial charge >= 0.3 is 5.97 Å². The first-order valence-electron chi connectivity index (χ1n) is 10.6. The molecule has 1 atom stereocenters. The van der Waals surface area contributed by atoms with Crippen LogP contribution in [0.15, 0.2) is 36.5 Å². The zero-order valence-electron chi connectivity index (χ0n) is 18.3. The van der Waals surface area contributed by atoms with Crippen LogP contribution in [-0.4, -0.2) is 27.5 Å². The molecule has 0 aliphatic heterocycles. The third-order valence-electron chi connectivity index (χ3n) is 4.09. The average molecular weight is 395 g/mol. The van der Waals surface area contributed by atoms with Gasteiger partial charge in [0.15, 0.2) is 8.32 Å². The fraction of sp³-hybridized carbons (Fsp3) is 0.696. The molecule has 1 unspecified atom stereocenters. The summed E-state index contributed by atoms with van der Waals surface area (Å²) in [4.78, 5) is 11.0. The smallest absolute Gasteiger partial charge is 0.305 e. The van der Waals surface area contributed by atoms with Gasteiger partial charge in [0, 0.05) is 6.42 Å². The Bertz CT molecular complexity index is 447. The first kappa shape index (κ1) is 25.9. The molecule has 156 valence electrons. The molecule has 0 aromatic rings. The molecule has 0 aliphatic carbocycles. The van der Waals surface area contributed by atoms with Crippen molar-refractivity contribution in [2.75, 3.05) is 7.11 Å². The second-order valence-corrected chi connectivity index (χ2v) is 12.4. The fourth-order valence-corrected chi connectivity index (χ4v) is 3.80. The number of ether oxygens (including phenoxy) is 1. The van der Waals surface area contributed by atoms with Crippen LogP contribution in [0.3, 0.4) is 0 Å². The normalized spacial score (nSPS) is 13.8. The quantitative estimate of drug-likeness (QED) is 0.0932. The highest BCUT2D eigenvalue weighted by Crippen LogP contribution is 2.15. The van der Waals surface area contributed by atoms with Gasteiger partial charge in [0.25, 0.3) is 0 Å². The first-order chi connectivity index (χ1) is 12.9. The Labute approximate surface area is 169 Å². The van der Waals surface area contributed by atoms with Gasteiger partial charge in [0.05, 0.1) is 13.2 Å². The largest absolute Gasteiger partial charge is 0.469 e. The summed E-state index contributed by atoms with van der Waals surface area (Å²) in [6.07, 6.45) is 24.0. The SMILES string of the molecule is CCCCCC(/C=C/C=C\C/C=C\CCCCCC(=O)OC)O[Si](C)(C)C. The number of carbonyl (C=O) groups is 1. The van der Waals surface area contributed by atoms with Crippen LogP contribution in [0.25, 0.3) is 0 Å². The Morgan fingerprint density at radius 1 is 0.963 bits per heavy atom. The molecule has 0 amide bonds. The number of rotatable bonds is 16. The van der Waals surface area contributed by atoms with E-state index >= 15 is 0 Å². The van der Waals surface area contributed by atoms with Gasteiger partial charge < -0.3 is 9.16 Å². The molecule has 0 aliphatic rings. The summed E-state index contributed by atoms with van der Waals surface area (Å²) in [5.74, 6) is -0.105. The van der Waals surface area contributed by atoms with E-state index in [4.69, 9.17) is 4.43 Å². The number of carbonyl (C=O) groups excluding carboxylic acids is 1. The molecule has 0 rings (SSSR count). The molecule has 27 heavy (non-hydrogen) atoms. The Morgan fingerprint density at radius 3 is 2.41 bits per heavy atom. The molecule has 0 aromatic carbocycles. The summed E-state index contributed by atoms with van der Waals surface area (Å²) >= 11 is 0. The van der Waals surface area contributed by atoms with E-state index in [0.29, 0.717) is 6.42 Å². The second kappa shape index (κ2) is 17.0. The number of hydrogen-bond acceptors (Lipinski definition) is 3. The molecular weight excluding hydrogens is 352 g/mol. The van der Waals surface area contributed by atoms with Crippen LogP contribution in [0.5, 0.6) is 0 Å². The number of methoxy groups -OCH3 is 1. The molecule has 4 heteroatoms. The average Bonchev–Trinajstić information content (AvgIpc) is 2.61. The lowest BCUT2D eigenvalue weighted by molar-refractivity contribution is -0.140. The molecule has 0 aromatic heterocycles. The second-order valence-electron chi connectivity index (χ2n) is 7.96. The molecular formula is C23H42O3Si. The van der Waals surface area contributed by atoms with Crippen LogP contribution >= 0.6 is 0 Å². The van der Waals surface area contributed by atoms with Crippen LogP contribution in [0.1, 0.15) is 71.1 Å². The highest BCUT2D eigenvalue weighted by atomic mass is 28.4. The summed E-state index contributed by atoms with van der Waals surface area (Å²) in [6.45, 7) is 9.00. The molecule has 0 N–H and O–H groups in total. The lowest BCUT2D eigenvalue weighted by atomic mass is 10.1. The first-order valence-corrected chi connectivity index (χ1v) is 14.0. The summed E-state index contributed by atoms with van der Waals surface area (Å²) in [7, 11) is -0.0573. The molecule has 0 saturated heterocycles. The zero-order valence-corrected chi connectivity index (χ0v) is 19.3. The van der Waals surface area contributed by atoms with Gasteiger partial charge in [-0.25, -0.2) is 0 Å². The molecule has 0 saturated carbocycles. The Kier molecular flexibility index (Phi) is 16.3. The predicted octanol–water partition coefficient (Wildman–Crippen LogP) is 6.97. The Balaban J connectivity index is 3.95. The van der Waals surface area contributed by atoms with Crippen LogP contribution in [-0.2, 0) is 14.0 Å². The van der Waals surface area contributed by atoms with Gasteiger partial charge in [-0.3, -0.25) is 4.79 Å². The predicted molar refractivity (Wildman–Crippen MR) is 119 cm³/mol. The van der Waals surface area contributed by atoms with Crippen molar-refractivity contribution in [3.8, 4) is 0 Å². The lowest BCUT2D eigenvalue weighted by Gasteiger charge is -2.24. The Morgan fingerprint density at radius 2 is 1.74 bits per heavy atom. The molecule has 0 bridgehead atoms. The highest BCUT2D eigenvalue weighted by Gasteiger charge is 2.18.